The van der Waals surface area contributed by atoms with E-state index < -0.39 is 11.2 Å². The van der Waals surface area contributed by atoms with Gasteiger partial charge in [0.15, 0.2) is 0 Å². The number of hydrogen-bond acceptors (Lipinski definition) is 5. The molecule has 1 unspecified atom stereocenters. The smallest absolute Gasteiger partial charge is 0.293 e. The van der Waals surface area contributed by atoms with Crippen LogP contribution in [-0.4, -0.2) is 42.8 Å². The minimum Gasteiger partial charge on any atom is -0.622 e. The van der Waals surface area contributed by atoms with Gasteiger partial charge in [0.1, 0.15) is 11.3 Å². The summed E-state index contributed by atoms with van der Waals surface area (Å²) in [5.74, 6) is 0. The molecular formula is C16H20BrN3O3. The Labute approximate surface area is 143 Å². The van der Waals surface area contributed by atoms with Gasteiger partial charge in [-0.05, 0) is 57.4 Å². The summed E-state index contributed by atoms with van der Waals surface area (Å²) in [6.45, 7) is 3.60. The first kappa shape index (κ1) is 16.4. The van der Waals surface area contributed by atoms with Crippen molar-refractivity contribution in [1.82, 2.24) is 5.06 Å². The molecule has 1 atom stereocenters. The second-order valence-electron chi connectivity index (χ2n) is 6.59. The average molecular weight is 382 g/mol. The van der Waals surface area contributed by atoms with E-state index in [0.29, 0.717) is 24.3 Å². The summed E-state index contributed by atoms with van der Waals surface area (Å²) in [6.07, 6.45) is 2.56. The van der Waals surface area contributed by atoms with E-state index in [1.807, 2.05) is 24.3 Å². The van der Waals surface area contributed by atoms with Gasteiger partial charge in [-0.25, -0.2) is 0 Å². The molecular weight excluding hydrogens is 362 g/mol. The number of rotatable bonds is 1. The molecule has 0 saturated heterocycles. The van der Waals surface area contributed by atoms with E-state index >= 15 is 0 Å². The standard InChI is InChI=1S/C16H20BrN3O3/c1-15(2)14(11-6-8-12(17)9-7-11)19(22)16(20(15)23)10-4-3-5-13(16)18-21/h6-9,21,23H,3-5,10H2,1-2H3. The van der Waals surface area contributed by atoms with Crippen molar-refractivity contribution in [1.29, 1.82) is 0 Å². The molecule has 0 aromatic heterocycles. The fraction of sp³-hybridized carbons (Fsp3) is 0.500. The van der Waals surface area contributed by atoms with Crippen LogP contribution in [0, 0.1) is 5.21 Å². The van der Waals surface area contributed by atoms with E-state index in [9.17, 15) is 15.6 Å². The summed E-state index contributed by atoms with van der Waals surface area (Å²) in [4.78, 5) is 0. The topological polar surface area (TPSA) is 82.1 Å². The molecule has 0 amide bonds. The lowest BCUT2D eigenvalue weighted by atomic mass is 9.86. The summed E-state index contributed by atoms with van der Waals surface area (Å²) in [6, 6.07) is 7.41. The highest BCUT2D eigenvalue weighted by Gasteiger charge is 2.65. The zero-order valence-electron chi connectivity index (χ0n) is 13.2. The fourth-order valence-corrected chi connectivity index (χ4v) is 4.01. The molecule has 2 aliphatic rings. The molecule has 124 valence electrons. The highest BCUT2D eigenvalue weighted by molar-refractivity contribution is 9.10. The molecule has 0 bridgehead atoms. The summed E-state index contributed by atoms with van der Waals surface area (Å²) in [5.41, 5.74) is -0.689. The maximum Gasteiger partial charge on any atom is 0.293 e. The van der Waals surface area contributed by atoms with Gasteiger partial charge < -0.3 is 15.6 Å². The van der Waals surface area contributed by atoms with Crippen LogP contribution in [-0.2, 0) is 0 Å². The molecule has 2 N–H and O–H groups in total. The number of benzene rings is 1. The Balaban J connectivity index is 2.22. The van der Waals surface area contributed by atoms with E-state index in [2.05, 4.69) is 21.1 Å². The number of hydroxylamine groups is 3. The van der Waals surface area contributed by atoms with E-state index in [1.54, 1.807) is 13.8 Å². The predicted octanol–water partition coefficient (Wildman–Crippen LogP) is 3.33. The maximum absolute atomic E-state index is 13.2. The maximum atomic E-state index is 13.2. The van der Waals surface area contributed by atoms with Gasteiger partial charge >= 0.3 is 0 Å². The van der Waals surface area contributed by atoms with E-state index in [1.165, 1.54) is 0 Å². The third-order valence-electron chi connectivity index (χ3n) is 4.89. The molecule has 0 radical (unpaired) electrons. The minimum absolute atomic E-state index is 0.321. The molecule has 1 aliphatic carbocycles. The molecule has 1 spiro atoms. The Hall–Kier alpha value is -1.44. The van der Waals surface area contributed by atoms with Crippen molar-refractivity contribution in [2.75, 3.05) is 0 Å². The first-order chi connectivity index (χ1) is 10.9. The van der Waals surface area contributed by atoms with Gasteiger partial charge in [0.2, 0.25) is 5.71 Å². The summed E-state index contributed by atoms with van der Waals surface area (Å²) < 4.78 is 1.76. The lowest BCUT2D eigenvalue weighted by molar-refractivity contribution is -0.568. The predicted molar refractivity (Wildman–Crippen MR) is 90.0 cm³/mol. The van der Waals surface area contributed by atoms with Crippen LogP contribution in [0.25, 0.3) is 0 Å². The molecule has 6 nitrogen and oxygen atoms in total. The largest absolute Gasteiger partial charge is 0.622 e. The minimum atomic E-state index is -1.32. The Morgan fingerprint density at radius 2 is 1.91 bits per heavy atom. The van der Waals surface area contributed by atoms with Gasteiger partial charge in [-0.3, -0.25) is 0 Å². The second-order valence-corrected chi connectivity index (χ2v) is 7.51. The molecule has 1 aromatic carbocycles. The Morgan fingerprint density at radius 3 is 2.52 bits per heavy atom. The molecule has 1 heterocycles. The lowest BCUT2D eigenvalue weighted by Crippen LogP contribution is -2.60. The third kappa shape index (κ3) is 2.21. The van der Waals surface area contributed by atoms with Crippen LogP contribution in [0.1, 0.15) is 45.1 Å². The van der Waals surface area contributed by atoms with Crippen LogP contribution in [0.4, 0.5) is 0 Å². The molecule has 1 fully saturated rings. The van der Waals surface area contributed by atoms with Crippen molar-refractivity contribution in [3.8, 4) is 0 Å². The van der Waals surface area contributed by atoms with Crippen molar-refractivity contribution in [2.45, 2.75) is 50.7 Å². The van der Waals surface area contributed by atoms with Gasteiger partial charge in [0.25, 0.3) is 5.66 Å². The van der Waals surface area contributed by atoms with E-state index in [-0.39, 0.29) is 0 Å². The Bertz CT molecular complexity index is 684. The molecule has 1 aromatic rings. The van der Waals surface area contributed by atoms with Crippen molar-refractivity contribution in [3.05, 3.63) is 39.5 Å². The number of halogens is 1. The van der Waals surface area contributed by atoms with Crippen LogP contribution in [0.15, 0.2) is 33.9 Å². The van der Waals surface area contributed by atoms with Crippen molar-refractivity contribution < 1.29 is 15.2 Å². The van der Waals surface area contributed by atoms with E-state index in [0.717, 1.165) is 32.7 Å². The van der Waals surface area contributed by atoms with Crippen molar-refractivity contribution >= 4 is 27.4 Å². The zero-order chi connectivity index (χ0) is 16.8. The zero-order valence-corrected chi connectivity index (χ0v) is 14.7. The lowest BCUT2D eigenvalue weighted by Gasteiger charge is -2.38. The molecule has 7 heteroatoms. The van der Waals surface area contributed by atoms with Gasteiger partial charge in [0, 0.05) is 16.5 Å². The van der Waals surface area contributed by atoms with Crippen LogP contribution in [0.2, 0.25) is 0 Å². The highest BCUT2D eigenvalue weighted by atomic mass is 79.9. The molecule has 1 saturated carbocycles. The van der Waals surface area contributed by atoms with Crippen LogP contribution in [0.5, 0.6) is 0 Å². The van der Waals surface area contributed by atoms with Gasteiger partial charge in [0.05, 0.1) is 0 Å². The van der Waals surface area contributed by atoms with Crippen LogP contribution < -0.4 is 0 Å². The number of oxime groups is 1. The molecule has 23 heavy (non-hydrogen) atoms. The van der Waals surface area contributed by atoms with Crippen molar-refractivity contribution in [2.24, 2.45) is 5.16 Å². The summed E-state index contributed by atoms with van der Waals surface area (Å²) in [5, 5.41) is 37.9. The van der Waals surface area contributed by atoms with E-state index in [4.69, 9.17) is 0 Å². The molecule has 1 aliphatic heterocycles. The third-order valence-corrected chi connectivity index (χ3v) is 5.42. The van der Waals surface area contributed by atoms with Gasteiger partial charge in [-0.15, -0.1) is 5.06 Å². The highest BCUT2D eigenvalue weighted by Crippen LogP contribution is 2.42. The first-order valence-electron chi connectivity index (χ1n) is 7.67. The van der Waals surface area contributed by atoms with Gasteiger partial charge in [-0.1, -0.05) is 21.1 Å². The van der Waals surface area contributed by atoms with Crippen molar-refractivity contribution in [3.63, 3.8) is 0 Å². The number of nitrogens with zero attached hydrogens (tertiary/aromatic N) is 3. The Kier molecular flexibility index (Phi) is 3.98. The second kappa shape index (κ2) is 5.58. The summed E-state index contributed by atoms with van der Waals surface area (Å²) >= 11 is 3.39. The SMILES string of the molecule is CC1(C)C(c2ccc(Br)cc2)=[N+]([O-])C2(CCCCC2=NO)N1O. The fourth-order valence-electron chi connectivity index (χ4n) is 3.75. The van der Waals surface area contributed by atoms with Crippen LogP contribution in [0.3, 0.4) is 0 Å². The van der Waals surface area contributed by atoms with Crippen LogP contribution >= 0.6 is 15.9 Å². The average Bonchev–Trinajstić information content (AvgIpc) is 2.68. The normalized spacial score (nSPS) is 29.7. The number of hydrogen-bond donors (Lipinski definition) is 2. The monoisotopic (exact) mass is 381 g/mol. The summed E-state index contributed by atoms with van der Waals surface area (Å²) in [7, 11) is 0. The first-order valence-corrected chi connectivity index (χ1v) is 8.46. The molecule has 3 rings (SSSR count). The quantitative estimate of drug-likeness (QED) is 0.338. The van der Waals surface area contributed by atoms with Gasteiger partial charge in [-0.2, -0.15) is 4.74 Å². The Morgan fingerprint density at radius 1 is 1.26 bits per heavy atom.